The summed E-state index contributed by atoms with van der Waals surface area (Å²) in [5, 5.41) is 15.3. The predicted molar refractivity (Wildman–Crippen MR) is 139 cm³/mol. The van der Waals surface area contributed by atoms with E-state index < -0.39 is 35.9 Å². The first-order valence-electron chi connectivity index (χ1n) is 13.5. The second-order valence-corrected chi connectivity index (χ2v) is 11.9. The van der Waals surface area contributed by atoms with E-state index >= 15 is 0 Å². The maximum Gasteiger partial charge on any atom is 0.486 e. The largest absolute Gasteiger partial charge is 0.486 e. The van der Waals surface area contributed by atoms with Gasteiger partial charge in [-0.3, -0.25) is 9.59 Å². The van der Waals surface area contributed by atoms with E-state index in [2.05, 4.69) is 0 Å². The first-order valence-corrected chi connectivity index (χ1v) is 13.5. The Kier molecular flexibility index (Phi) is 5.70. The van der Waals surface area contributed by atoms with Crippen molar-refractivity contribution in [1.82, 2.24) is 10.0 Å². The third-order valence-corrected chi connectivity index (χ3v) is 9.32. The van der Waals surface area contributed by atoms with Crippen molar-refractivity contribution in [3.05, 3.63) is 71.3 Å². The summed E-state index contributed by atoms with van der Waals surface area (Å²) >= 11 is 0. The van der Waals surface area contributed by atoms with E-state index in [1.807, 2.05) is 58.0 Å². The van der Waals surface area contributed by atoms with E-state index in [4.69, 9.17) is 9.31 Å². The number of hydrogen-bond acceptors (Lipinski definition) is 6. The molecule has 0 aromatic heterocycles. The van der Waals surface area contributed by atoms with Crippen LogP contribution in [0.25, 0.3) is 0 Å². The van der Waals surface area contributed by atoms with Crippen LogP contribution in [0.5, 0.6) is 0 Å². The monoisotopic (exact) mass is 502 g/mol. The van der Waals surface area contributed by atoms with Crippen molar-refractivity contribution < 1.29 is 24.0 Å². The maximum atomic E-state index is 13.7. The zero-order valence-electron chi connectivity index (χ0n) is 22.0. The van der Waals surface area contributed by atoms with Crippen molar-refractivity contribution in [1.29, 1.82) is 0 Å². The van der Waals surface area contributed by atoms with Gasteiger partial charge in [0, 0.05) is 0 Å². The average Bonchev–Trinajstić information content (AvgIpc) is 3.43. The molecule has 3 fully saturated rings. The normalized spacial score (nSPS) is 31.5. The molecule has 0 bridgehead atoms. The van der Waals surface area contributed by atoms with Crippen LogP contribution in [-0.2, 0) is 9.31 Å². The first kappa shape index (κ1) is 24.8. The number of hydrogen-bond donors (Lipinski definition) is 1. The van der Waals surface area contributed by atoms with Gasteiger partial charge in [-0.1, -0.05) is 61.7 Å². The van der Waals surface area contributed by atoms with Gasteiger partial charge < -0.3 is 14.4 Å². The smallest absolute Gasteiger partial charge is 0.402 e. The average molecular weight is 502 g/mol. The number of aliphatic hydroxyl groups excluding tert-OH is 1. The van der Waals surface area contributed by atoms with Crippen LogP contribution in [0.3, 0.4) is 0 Å². The summed E-state index contributed by atoms with van der Waals surface area (Å²) in [6.07, 6.45) is 4.16. The number of carbonyl (C=O) groups excluding carboxylic acids is 2. The van der Waals surface area contributed by atoms with Crippen LogP contribution < -0.4 is 0 Å². The Labute approximate surface area is 218 Å². The van der Waals surface area contributed by atoms with E-state index in [1.165, 1.54) is 5.01 Å². The molecule has 2 saturated heterocycles. The first-order chi connectivity index (χ1) is 17.6. The summed E-state index contributed by atoms with van der Waals surface area (Å²) in [5.41, 5.74) is -0.768. The topological polar surface area (TPSA) is 79.1 Å². The molecule has 1 N–H and O–H groups in total. The lowest BCUT2D eigenvalue weighted by atomic mass is 9.60. The molecule has 1 saturated carbocycles. The van der Waals surface area contributed by atoms with Gasteiger partial charge in [0.25, 0.3) is 11.8 Å². The Morgan fingerprint density at radius 1 is 0.838 bits per heavy atom. The van der Waals surface area contributed by atoms with Crippen LogP contribution in [0.1, 0.15) is 92.1 Å². The minimum Gasteiger partial charge on any atom is -0.402 e. The summed E-state index contributed by atoms with van der Waals surface area (Å²) in [6, 6.07) is 16.2. The van der Waals surface area contributed by atoms with Crippen LogP contribution in [-0.4, -0.2) is 56.8 Å². The lowest BCUT2D eigenvalue weighted by Gasteiger charge is -2.35. The molecule has 0 radical (unpaired) electrons. The van der Waals surface area contributed by atoms with Gasteiger partial charge >= 0.3 is 7.12 Å². The molecule has 37 heavy (non-hydrogen) atoms. The predicted octanol–water partition coefficient (Wildman–Crippen LogP) is 4.57. The van der Waals surface area contributed by atoms with Crippen molar-refractivity contribution in [3.8, 4) is 0 Å². The van der Waals surface area contributed by atoms with Crippen molar-refractivity contribution in [2.45, 2.75) is 88.6 Å². The van der Waals surface area contributed by atoms with Gasteiger partial charge in [0.1, 0.15) is 5.44 Å². The highest BCUT2D eigenvalue weighted by molar-refractivity contribution is 6.52. The van der Waals surface area contributed by atoms with Crippen molar-refractivity contribution in [2.24, 2.45) is 5.92 Å². The van der Waals surface area contributed by atoms with Gasteiger partial charge in [-0.2, -0.15) is 5.01 Å². The van der Waals surface area contributed by atoms with Gasteiger partial charge in [0.2, 0.25) is 0 Å². The fraction of sp³-hybridized carbons (Fsp3) is 0.517. The minimum absolute atomic E-state index is 0.0131. The summed E-state index contributed by atoms with van der Waals surface area (Å²) in [4.78, 5) is 27.4. The Morgan fingerprint density at radius 2 is 1.35 bits per heavy atom. The molecular formula is C29H35BN2O5. The zero-order valence-corrected chi connectivity index (χ0v) is 22.0. The summed E-state index contributed by atoms with van der Waals surface area (Å²) in [7, 11) is -0.844. The number of amides is 2. The van der Waals surface area contributed by atoms with Crippen molar-refractivity contribution >= 4 is 18.9 Å². The number of nitrogens with zero attached hydrogens (tertiary/aromatic N) is 2. The Morgan fingerprint density at radius 3 is 1.89 bits per heavy atom. The number of carbonyl (C=O) groups is 2. The second kappa shape index (κ2) is 8.50. The lowest BCUT2D eigenvalue weighted by Crippen LogP contribution is -2.56. The molecule has 1 aliphatic carbocycles. The number of aliphatic hydroxyl groups is 1. The molecule has 3 aliphatic heterocycles. The van der Waals surface area contributed by atoms with E-state index in [9.17, 15) is 14.7 Å². The number of fused-ring (bicyclic) bond motifs is 1. The highest BCUT2D eigenvalue weighted by atomic mass is 16.7. The third-order valence-electron chi connectivity index (χ3n) is 9.32. The van der Waals surface area contributed by atoms with Gasteiger partial charge in [0.05, 0.1) is 34.5 Å². The van der Waals surface area contributed by atoms with Crippen LogP contribution >= 0.6 is 0 Å². The summed E-state index contributed by atoms with van der Waals surface area (Å²) in [6.45, 7) is 7.94. The van der Waals surface area contributed by atoms with Crippen molar-refractivity contribution in [3.63, 3.8) is 0 Å². The highest BCUT2D eigenvalue weighted by Gasteiger charge is 2.82. The Hall–Kier alpha value is -2.52. The second-order valence-electron chi connectivity index (χ2n) is 11.9. The van der Waals surface area contributed by atoms with Crippen LogP contribution in [0.4, 0.5) is 0 Å². The zero-order chi connectivity index (χ0) is 26.2. The summed E-state index contributed by atoms with van der Waals surface area (Å²) < 4.78 is 13.2. The Bertz CT molecular complexity index is 1180. The minimum atomic E-state index is -1.14. The molecular weight excluding hydrogens is 467 g/mol. The molecule has 6 rings (SSSR count). The van der Waals surface area contributed by atoms with E-state index in [0.717, 1.165) is 37.7 Å². The fourth-order valence-corrected chi connectivity index (χ4v) is 6.55. The number of hydrazine groups is 1. The molecule has 8 heteroatoms. The third kappa shape index (κ3) is 3.49. The Balaban J connectivity index is 1.51. The van der Waals surface area contributed by atoms with E-state index in [1.54, 1.807) is 29.3 Å². The molecule has 2 aromatic carbocycles. The van der Waals surface area contributed by atoms with E-state index in [0.29, 0.717) is 11.1 Å². The molecule has 2 aromatic rings. The van der Waals surface area contributed by atoms with Gasteiger partial charge in [-0.05, 0) is 64.2 Å². The molecule has 2 amide bonds. The number of rotatable bonds is 5. The molecule has 1 unspecified atom stereocenters. The summed E-state index contributed by atoms with van der Waals surface area (Å²) in [5.74, 6) is -0.745. The number of imide groups is 1. The SMILES string of the molecule is CC1(C)OB([C@]2([C@H](O)C3CCCCC3)[C@@H](c3ccccc3)N2N2C(=O)c3ccccc3C2=O)OC1(C)C. The lowest BCUT2D eigenvalue weighted by molar-refractivity contribution is 0.00151. The molecule has 194 valence electrons. The molecule has 7 nitrogen and oxygen atoms in total. The van der Waals surface area contributed by atoms with Crippen molar-refractivity contribution in [2.75, 3.05) is 0 Å². The van der Waals surface area contributed by atoms with Crippen LogP contribution in [0.15, 0.2) is 54.6 Å². The van der Waals surface area contributed by atoms with Gasteiger partial charge in [0.15, 0.2) is 0 Å². The fourth-order valence-electron chi connectivity index (χ4n) is 6.55. The van der Waals surface area contributed by atoms with Crippen LogP contribution in [0, 0.1) is 5.92 Å². The molecule has 0 spiro atoms. The quantitative estimate of drug-likeness (QED) is 0.367. The van der Waals surface area contributed by atoms with Crippen LogP contribution in [0.2, 0.25) is 0 Å². The standard InChI is InChI=1S/C29H35BN2O5/c1-27(2)28(3,4)37-30(36-27)29(24(33)20-15-9-6-10-16-20)23(19-13-7-5-8-14-19)32(29)31-25(34)21-17-11-12-18-22(21)26(31)35/h5,7-8,11-14,17-18,20,23-24,33H,6,9-10,15-16H2,1-4H3/t23-,24-,29-,32?/m1/s1. The number of benzene rings is 2. The van der Waals surface area contributed by atoms with E-state index in [-0.39, 0.29) is 17.7 Å². The molecule has 4 aliphatic rings. The molecule has 3 heterocycles. The molecule has 4 atom stereocenters. The van der Waals surface area contributed by atoms with Gasteiger partial charge in [-0.15, -0.1) is 0 Å². The van der Waals surface area contributed by atoms with Gasteiger partial charge in [-0.25, -0.2) is 5.01 Å². The maximum absolute atomic E-state index is 13.7. The highest BCUT2D eigenvalue weighted by Crippen LogP contribution is 2.63.